The van der Waals surface area contributed by atoms with Crippen LogP contribution in [0, 0.1) is 6.92 Å². The van der Waals surface area contributed by atoms with Gasteiger partial charge in [-0.05, 0) is 60.5 Å². The Kier molecular flexibility index (Phi) is 10.3. The zero-order chi connectivity index (χ0) is 30.3. The molecule has 4 aromatic carbocycles. The van der Waals surface area contributed by atoms with Gasteiger partial charge in [0, 0.05) is 30.1 Å². The van der Waals surface area contributed by atoms with Gasteiger partial charge in [-0.2, -0.15) is 0 Å². The second kappa shape index (κ2) is 13.9. The molecular weight excluding hydrogens is 593 g/mol. The Morgan fingerprint density at radius 3 is 2.07 bits per heavy atom. The monoisotopic (exact) mass is 623 g/mol. The molecule has 218 valence electrons. The second-order valence-electron chi connectivity index (χ2n) is 9.73. The number of likely N-dealkylation sites (N-methyl/N-ethyl adjacent to an activating group) is 1. The number of halogens is 2. The lowest BCUT2D eigenvalue weighted by Crippen LogP contribution is -2.53. The Morgan fingerprint density at radius 2 is 1.45 bits per heavy atom. The Balaban J connectivity index is 1.79. The van der Waals surface area contributed by atoms with Crippen molar-refractivity contribution in [1.29, 1.82) is 0 Å². The maximum absolute atomic E-state index is 14.3. The third-order valence-electron chi connectivity index (χ3n) is 6.82. The van der Waals surface area contributed by atoms with Crippen LogP contribution >= 0.6 is 23.2 Å². The molecule has 0 radical (unpaired) electrons. The van der Waals surface area contributed by atoms with Gasteiger partial charge < -0.3 is 10.2 Å². The summed E-state index contributed by atoms with van der Waals surface area (Å²) in [7, 11) is -2.70. The van der Waals surface area contributed by atoms with E-state index in [4.69, 9.17) is 23.2 Å². The minimum Gasteiger partial charge on any atom is -0.357 e. The van der Waals surface area contributed by atoms with Crippen molar-refractivity contribution in [2.24, 2.45) is 0 Å². The Hall–Kier alpha value is -3.85. The zero-order valence-corrected chi connectivity index (χ0v) is 25.5. The first-order chi connectivity index (χ1) is 20.1. The van der Waals surface area contributed by atoms with Crippen LogP contribution in [-0.2, 0) is 32.6 Å². The summed E-state index contributed by atoms with van der Waals surface area (Å²) >= 11 is 12.5. The number of hydrogen-bond donors (Lipinski definition) is 1. The number of nitrogens with zero attached hydrogens (tertiary/aromatic N) is 2. The number of amides is 2. The minimum absolute atomic E-state index is 0.00778. The zero-order valence-electron chi connectivity index (χ0n) is 23.2. The van der Waals surface area contributed by atoms with Crippen LogP contribution in [0.1, 0.15) is 16.7 Å². The molecule has 0 saturated heterocycles. The summed E-state index contributed by atoms with van der Waals surface area (Å²) in [5.41, 5.74) is 2.70. The lowest BCUT2D eigenvalue weighted by molar-refractivity contribution is -0.139. The van der Waals surface area contributed by atoms with Crippen LogP contribution in [0.25, 0.3) is 0 Å². The van der Waals surface area contributed by atoms with Crippen molar-refractivity contribution in [3.63, 3.8) is 0 Å². The number of nitrogens with one attached hydrogen (secondary N) is 1. The Labute approximate surface area is 256 Å². The van der Waals surface area contributed by atoms with Crippen LogP contribution in [0.4, 0.5) is 5.69 Å². The van der Waals surface area contributed by atoms with E-state index in [9.17, 15) is 18.0 Å². The van der Waals surface area contributed by atoms with Gasteiger partial charge in [-0.1, -0.05) is 89.4 Å². The summed E-state index contributed by atoms with van der Waals surface area (Å²) in [6, 6.07) is 28.0. The van der Waals surface area contributed by atoms with E-state index in [2.05, 4.69) is 5.32 Å². The number of carbonyl (C=O) groups excluding carboxylic acids is 2. The third kappa shape index (κ3) is 7.50. The molecule has 0 aliphatic carbocycles. The molecule has 0 aliphatic rings. The highest BCUT2D eigenvalue weighted by molar-refractivity contribution is 7.92. The van der Waals surface area contributed by atoms with Crippen molar-refractivity contribution < 1.29 is 18.0 Å². The van der Waals surface area contributed by atoms with Gasteiger partial charge in [-0.15, -0.1) is 0 Å². The fraction of sp³-hybridized carbons (Fsp3) is 0.188. The molecule has 10 heteroatoms. The fourth-order valence-corrected chi connectivity index (χ4v) is 6.24. The number of anilines is 1. The molecule has 0 bridgehead atoms. The van der Waals surface area contributed by atoms with Crippen molar-refractivity contribution in [2.45, 2.75) is 30.8 Å². The Bertz CT molecular complexity index is 1630. The molecule has 0 fully saturated rings. The van der Waals surface area contributed by atoms with E-state index in [1.807, 2.05) is 37.3 Å². The molecule has 0 saturated carbocycles. The molecule has 1 atom stereocenters. The van der Waals surface area contributed by atoms with Crippen molar-refractivity contribution in [2.75, 3.05) is 17.9 Å². The SMILES string of the molecule is CNC(=O)[C@@H](Cc1ccccc1)N(Cc1ccccc1Cl)C(=O)CN(c1ccc(C)cc1)S(=O)(=O)c1ccc(Cl)cc1. The first-order valence-electron chi connectivity index (χ1n) is 13.2. The molecule has 4 rings (SSSR count). The summed E-state index contributed by atoms with van der Waals surface area (Å²) in [5, 5.41) is 3.47. The first kappa shape index (κ1) is 31.1. The summed E-state index contributed by atoms with van der Waals surface area (Å²) < 4.78 is 29.0. The van der Waals surface area contributed by atoms with E-state index in [1.165, 1.54) is 36.2 Å². The molecule has 0 heterocycles. The van der Waals surface area contributed by atoms with Gasteiger partial charge in [0.05, 0.1) is 10.6 Å². The van der Waals surface area contributed by atoms with Gasteiger partial charge in [0.15, 0.2) is 0 Å². The topological polar surface area (TPSA) is 86.8 Å². The number of sulfonamides is 1. The predicted molar refractivity (Wildman–Crippen MR) is 167 cm³/mol. The van der Waals surface area contributed by atoms with Crippen molar-refractivity contribution >= 4 is 50.7 Å². The highest BCUT2D eigenvalue weighted by Crippen LogP contribution is 2.27. The molecule has 0 aromatic heterocycles. The van der Waals surface area contributed by atoms with Crippen LogP contribution in [0.3, 0.4) is 0 Å². The quantitative estimate of drug-likeness (QED) is 0.226. The molecule has 0 aliphatic heterocycles. The van der Waals surface area contributed by atoms with Gasteiger partial charge >= 0.3 is 0 Å². The molecule has 4 aromatic rings. The predicted octanol–water partition coefficient (Wildman–Crippen LogP) is 5.88. The number of rotatable bonds is 11. The number of aryl methyl sites for hydroxylation is 1. The van der Waals surface area contributed by atoms with Gasteiger partial charge in [0.25, 0.3) is 10.0 Å². The number of carbonyl (C=O) groups is 2. The summed E-state index contributed by atoms with van der Waals surface area (Å²) in [4.78, 5) is 28.9. The van der Waals surface area contributed by atoms with E-state index < -0.39 is 28.5 Å². The highest BCUT2D eigenvalue weighted by atomic mass is 35.5. The highest BCUT2D eigenvalue weighted by Gasteiger charge is 2.34. The van der Waals surface area contributed by atoms with E-state index in [0.29, 0.717) is 21.3 Å². The van der Waals surface area contributed by atoms with Crippen molar-refractivity contribution in [3.05, 3.63) is 130 Å². The fourth-order valence-electron chi connectivity index (χ4n) is 4.50. The largest absolute Gasteiger partial charge is 0.357 e. The maximum atomic E-state index is 14.3. The van der Waals surface area contributed by atoms with Crippen LogP contribution in [0.2, 0.25) is 10.0 Å². The van der Waals surface area contributed by atoms with Gasteiger partial charge in [0.1, 0.15) is 12.6 Å². The average Bonchev–Trinajstić information content (AvgIpc) is 2.99. The Morgan fingerprint density at radius 1 is 0.833 bits per heavy atom. The standard InChI is InChI=1S/C32H31Cl2N3O4S/c1-23-12-16-27(17-13-23)37(42(40,41)28-18-14-26(33)15-19-28)22-31(38)36(21-25-10-6-7-11-29(25)34)30(32(39)35-2)20-24-8-4-3-5-9-24/h3-19,30H,20-22H2,1-2H3,(H,35,39)/t30-/m1/s1. The minimum atomic E-state index is -4.20. The molecule has 2 amide bonds. The van der Waals surface area contributed by atoms with Crippen LogP contribution in [0.15, 0.2) is 108 Å². The van der Waals surface area contributed by atoms with Gasteiger partial charge in [0.2, 0.25) is 11.8 Å². The average molecular weight is 625 g/mol. The van der Waals surface area contributed by atoms with Crippen molar-refractivity contribution in [3.8, 4) is 0 Å². The third-order valence-corrected chi connectivity index (χ3v) is 9.23. The molecule has 0 unspecified atom stereocenters. The van der Waals surface area contributed by atoms with Gasteiger partial charge in [-0.25, -0.2) is 8.42 Å². The van der Waals surface area contributed by atoms with E-state index in [-0.39, 0.29) is 23.8 Å². The number of hydrogen-bond acceptors (Lipinski definition) is 4. The lowest BCUT2D eigenvalue weighted by atomic mass is 10.0. The van der Waals surface area contributed by atoms with E-state index in [1.54, 1.807) is 48.5 Å². The molecule has 0 spiro atoms. The smallest absolute Gasteiger partial charge is 0.264 e. The van der Waals surface area contributed by atoms with Gasteiger partial charge in [-0.3, -0.25) is 13.9 Å². The van der Waals surface area contributed by atoms with Crippen LogP contribution < -0.4 is 9.62 Å². The number of benzene rings is 4. The van der Waals surface area contributed by atoms with E-state index in [0.717, 1.165) is 15.4 Å². The van der Waals surface area contributed by atoms with E-state index >= 15 is 0 Å². The molecule has 42 heavy (non-hydrogen) atoms. The first-order valence-corrected chi connectivity index (χ1v) is 15.4. The molecular formula is C32H31Cl2N3O4S. The normalized spacial score (nSPS) is 11.9. The summed E-state index contributed by atoms with van der Waals surface area (Å²) in [6.07, 6.45) is 0.213. The summed E-state index contributed by atoms with van der Waals surface area (Å²) in [5.74, 6) is -0.959. The lowest BCUT2D eigenvalue weighted by Gasteiger charge is -2.33. The maximum Gasteiger partial charge on any atom is 0.264 e. The summed E-state index contributed by atoms with van der Waals surface area (Å²) in [6.45, 7) is 1.32. The second-order valence-corrected chi connectivity index (χ2v) is 12.4. The van der Waals surface area contributed by atoms with Crippen molar-refractivity contribution in [1.82, 2.24) is 10.2 Å². The molecule has 1 N–H and O–H groups in total. The molecule has 7 nitrogen and oxygen atoms in total. The van der Waals surface area contributed by atoms with Crippen LogP contribution in [-0.4, -0.2) is 44.8 Å². The van der Waals surface area contributed by atoms with Crippen LogP contribution in [0.5, 0.6) is 0 Å².